The molecule has 1 atom stereocenters. The molecule has 1 heteroatoms. The average molecular weight is 126 g/mol. The molecule has 1 nitrogen and oxygen atoms in total. The van der Waals surface area contributed by atoms with Crippen molar-refractivity contribution >= 4 is 0 Å². The predicted molar refractivity (Wildman–Crippen MR) is 36.3 cm³/mol. The van der Waals surface area contributed by atoms with Gasteiger partial charge in [0.15, 0.2) is 0 Å². The van der Waals surface area contributed by atoms with Gasteiger partial charge in [-0.05, 0) is 12.3 Å². The second-order valence-corrected chi connectivity index (χ2v) is 3.34. The first kappa shape index (κ1) is 5.72. The molecule has 0 spiro atoms. The van der Waals surface area contributed by atoms with Crippen LogP contribution in [-0.4, -0.2) is 12.7 Å². The molecule has 1 heterocycles. The first-order valence-corrected chi connectivity index (χ1v) is 4.07. The average Bonchev–Trinajstić information content (AvgIpc) is 2.46. The van der Waals surface area contributed by atoms with Crippen molar-refractivity contribution < 1.29 is 4.74 Å². The first-order chi connectivity index (χ1) is 4.45. The van der Waals surface area contributed by atoms with Crippen molar-refractivity contribution in [1.29, 1.82) is 0 Å². The lowest BCUT2D eigenvalue weighted by Crippen LogP contribution is -1.97. The van der Waals surface area contributed by atoms with E-state index in [9.17, 15) is 0 Å². The first-order valence-electron chi connectivity index (χ1n) is 4.07. The summed E-state index contributed by atoms with van der Waals surface area (Å²) in [5, 5.41) is 0. The van der Waals surface area contributed by atoms with Crippen molar-refractivity contribution in [2.24, 2.45) is 5.92 Å². The topological polar surface area (TPSA) is 12.5 Å². The van der Waals surface area contributed by atoms with Crippen molar-refractivity contribution in [1.82, 2.24) is 0 Å². The van der Waals surface area contributed by atoms with E-state index in [1.807, 2.05) is 0 Å². The number of hydrogen-bond acceptors (Lipinski definition) is 1. The lowest BCUT2D eigenvalue weighted by Gasteiger charge is -2.03. The van der Waals surface area contributed by atoms with E-state index in [0.717, 1.165) is 12.5 Å². The highest BCUT2D eigenvalue weighted by atomic mass is 16.6. The summed E-state index contributed by atoms with van der Waals surface area (Å²) in [7, 11) is 0. The van der Waals surface area contributed by atoms with Crippen LogP contribution in [0.4, 0.5) is 0 Å². The smallest absolute Gasteiger partial charge is 0.0812 e. The number of hydrogen-bond donors (Lipinski definition) is 0. The van der Waals surface area contributed by atoms with Gasteiger partial charge in [0.05, 0.1) is 12.7 Å². The van der Waals surface area contributed by atoms with Crippen LogP contribution in [0.5, 0.6) is 0 Å². The highest BCUT2D eigenvalue weighted by Gasteiger charge is 2.27. The second-order valence-electron chi connectivity index (χ2n) is 3.34. The van der Waals surface area contributed by atoms with E-state index in [4.69, 9.17) is 4.74 Å². The summed E-state index contributed by atoms with van der Waals surface area (Å²) in [6.07, 6.45) is 7.92. The minimum Gasteiger partial charge on any atom is -0.373 e. The Kier molecular flexibility index (Phi) is 1.46. The van der Waals surface area contributed by atoms with E-state index >= 15 is 0 Å². The quantitative estimate of drug-likeness (QED) is 0.515. The molecule has 0 radical (unpaired) electrons. The third-order valence-electron chi connectivity index (χ3n) is 2.47. The minimum atomic E-state index is 0.674. The molecular formula is C8H14O. The molecule has 1 aliphatic heterocycles. The van der Waals surface area contributed by atoms with E-state index in [2.05, 4.69) is 0 Å². The van der Waals surface area contributed by atoms with Crippen LogP contribution >= 0.6 is 0 Å². The highest BCUT2D eigenvalue weighted by molar-refractivity contribution is 4.77. The zero-order valence-corrected chi connectivity index (χ0v) is 5.81. The van der Waals surface area contributed by atoms with Crippen LogP contribution in [0.15, 0.2) is 0 Å². The number of ether oxygens (including phenoxy) is 1. The van der Waals surface area contributed by atoms with Gasteiger partial charge in [-0.1, -0.05) is 25.7 Å². The summed E-state index contributed by atoms with van der Waals surface area (Å²) in [5.41, 5.74) is 0. The Morgan fingerprint density at radius 2 is 1.89 bits per heavy atom. The Hall–Kier alpha value is -0.0400. The molecule has 0 N–H and O–H groups in total. The third kappa shape index (κ3) is 1.45. The Bertz CT molecular complexity index is 90.7. The van der Waals surface area contributed by atoms with E-state index in [1.165, 1.54) is 32.1 Å². The zero-order valence-electron chi connectivity index (χ0n) is 5.81. The molecular weight excluding hydrogens is 112 g/mol. The molecule has 0 amide bonds. The van der Waals surface area contributed by atoms with Crippen LogP contribution in [0.3, 0.4) is 0 Å². The summed E-state index contributed by atoms with van der Waals surface area (Å²) in [6.45, 7) is 1.05. The van der Waals surface area contributed by atoms with Gasteiger partial charge in [-0.15, -0.1) is 0 Å². The summed E-state index contributed by atoms with van der Waals surface area (Å²) in [5.74, 6) is 1.03. The largest absolute Gasteiger partial charge is 0.373 e. The lowest BCUT2D eigenvalue weighted by molar-refractivity contribution is 0.354. The van der Waals surface area contributed by atoms with Gasteiger partial charge in [0, 0.05) is 0 Å². The van der Waals surface area contributed by atoms with Gasteiger partial charge >= 0.3 is 0 Å². The molecule has 0 aromatic carbocycles. The van der Waals surface area contributed by atoms with Gasteiger partial charge in [0.25, 0.3) is 0 Å². The molecule has 1 saturated carbocycles. The molecule has 52 valence electrons. The van der Waals surface area contributed by atoms with E-state index in [0.29, 0.717) is 6.10 Å². The van der Waals surface area contributed by atoms with Crippen molar-refractivity contribution in [2.45, 2.75) is 38.2 Å². The van der Waals surface area contributed by atoms with Crippen LogP contribution in [-0.2, 0) is 4.74 Å². The van der Waals surface area contributed by atoms with Gasteiger partial charge in [0.2, 0.25) is 0 Å². The maximum absolute atomic E-state index is 5.17. The van der Waals surface area contributed by atoms with E-state index < -0.39 is 0 Å². The maximum Gasteiger partial charge on any atom is 0.0812 e. The van der Waals surface area contributed by atoms with Gasteiger partial charge in [-0.3, -0.25) is 0 Å². The van der Waals surface area contributed by atoms with Crippen molar-refractivity contribution in [2.75, 3.05) is 6.61 Å². The molecule has 0 aromatic rings. The SMILES string of the molecule is C1CCC(CC2CO2)C1. The molecule has 2 rings (SSSR count). The predicted octanol–water partition coefficient (Wildman–Crippen LogP) is 1.97. The zero-order chi connectivity index (χ0) is 6.10. The summed E-state index contributed by atoms with van der Waals surface area (Å²) in [4.78, 5) is 0. The van der Waals surface area contributed by atoms with Crippen LogP contribution < -0.4 is 0 Å². The molecule has 2 fully saturated rings. The van der Waals surface area contributed by atoms with Crippen molar-refractivity contribution in [3.63, 3.8) is 0 Å². The van der Waals surface area contributed by atoms with Crippen LogP contribution in [0.1, 0.15) is 32.1 Å². The molecule has 0 bridgehead atoms. The highest BCUT2D eigenvalue weighted by Crippen LogP contribution is 2.32. The Morgan fingerprint density at radius 1 is 1.22 bits per heavy atom. The van der Waals surface area contributed by atoms with Crippen LogP contribution in [0.25, 0.3) is 0 Å². The third-order valence-corrected chi connectivity index (χ3v) is 2.47. The number of epoxide rings is 1. The molecule has 1 aliphatic carbocycles. The van der Waals surface area contributed by atoms with Crippen LogP contribution in [0.2, 0.25) is 0 Å². The monoisotopic (exact) mass is 126 g/mol. The van der Waals surface area contributed by atoms with Gasteiger partial charge in [0.1, 0.15) is 0 Å². The Labute approximate surface area is 56.4 Å². The Balaban J connectivity index is 1.70. The summed E-state index contributed by atoms with van der Waals surface area (Å²) in [6, 6.07) is 0. The fourth-order valence-corrected chi connectivity index (χ4v) is 1.82. The van der Waals surface area contributed by atoms with Gasteiger partial charge in [-0.25, -0.2) is 0 Å². The van der Waals surface area contributed by atoms with Crippen molar-refractivity contribution in [3.8, 4) is 0 Å². The van der Waals surface area contributed by atoms with E-state index in [-0.39, 0.29) is 0 Å². The van der Waals surface area contributed by atoms with Gasteiger partial charge < -0.3 is 4.74 Å². The molecule has 9 heavy (non-hydrogen) atoms. The number of rotatable bonds is 2. The summed E-state index contributed by atoms with van der Waals surface area (Å²) >= 11 is 0. The Morgan fingerprint density at radius 3 is 2.44 bits per heavy atom. The van der Waals surface area contributed by atoms with Gasteiger partial charge in [-0.2, -0.15) is 0 Å². The fourth-order valence-electron chi connectivity index (χ4n) is 1.82. The minimum absolute atomic E-state index is 0.674. The normalized spacial score (nSPS) is 35.3. The molecule has 0 aromatic heterocycles. The molecule has 1 saturated heterocycles. The second kappa shape index (κ2) is 2.30. The molecule has 2 aliphatic rings. The van der Waals surface area contributed by atoms with Crippen LogP contribution in [0, 0.1) is 5.92 Å². The fraction of sp³-hybridized carbons (Fsp3) is 1.00. The molecule has 1 unspecified atom stereocenters. The van der Waals surface area contributed by atoms with E-state index in [1.54, 1.807) is 0 Å². The lowest BCUT2D eigenvalue weighted by atomic mass is 10.0. The van der Waals surface area contributed by atoms with Crippen molar-refractivity contribution in [3.05, 3.63) is 0 Å². The standard InChI is InChI=1S/C8H14O/c1-2-4-7(3-1)5-8-6-9-8/h7-8H,1-6H2. The summed E-state index contributed by atoms with van der Waals surface area (Å²) < 4.78 is 5.17. The maximum atomic E-state index is 5.17.